The maximum atomic E-state index is 16.8. The zero-order chi connectivity index (χ0) is 36.9. The van der Waals surface area contributed by atoms with Crippen LogP contribution in [0.15, 0.2) is 94.8 Å². The lowest BCUT2D eigenvalue weighted by atomic mass is 9.91. The number of thiophene rings is 1. The Morgan fingerprint density at radius 2 is 1.49 bits per heavy atom. The molecule has 0 N–H and O–H groups in total. The fourth-order valence-corrected chi connectivity index (χ4v) is 13.7. The van der Waals surface area contributed by atoms with Gasteiger partial charge in [0.15, 0.2) is 0 Å². The predicted molar refractivity (Wildman–Crippen MR) is 206 cm³/mol. The Kier molecular flexibility index (Phi) is 10.3. The summed E-state index contributed by atoms with van der Waals surface area (Å²) >= 11 is 4.56. The van der Waals surface area contributed by atoms with Crippen LogP contribution in [-0.4, -0.2) is 54.6 Å². The van der Waals surface area contributed by atoms with Crippen LogP contribution in [0, 0.1) is 5.82 Å². The van der Waals surface area contributed by atoms with Crippen molar-refractivity contribution in [2.24, 2.45) is 0 Å². The molecule has 1 aliphatic rings. The van der Waals surface area contributed by atoms with Crippen molar-refractivity contribution in [3.63, 3.8) is 0 Å². The summed E-state index contributed by atoms with van der Waals surface area (Å²) in [6, 6.07) is 26.7. The number of aromatic nitrogens is 1. The first-order valence-corrected chi connectivity index (χ1v) is 20.6. The fourth-order valence-electron chi connectivity index (χ4n) is 7.51. The second-order valence-electron chi connectivity index (χ2n) is 15.4. The summed E-state index contributed by atoms with van der Waals surface area (Å²) in [5.74, 6) is -3.89. The third-order valence-corrected chi connectivity index (χ3v) is 16.2. The molecule has 0 aliphatic carbocycles. The predicted octanol–water partition coefficient (Wildman–Crippen LogP) is 9.94. The molecule has 0 fully saturated rings. The summed E-state index contributed by atoms with van der Waals surface area (Å²) in [6.07, 6.45) is -0.264. The van der Waals surface area contributed by atoms with E-state index in [4.69, 9.17) is 9.16 Å². The number of para-hydroxylation sites is 1. The Hall–Kier alpha value is -3.22. The van der Waals surface area contributed by atoms with Crippen molar-refractivity contribution in [3.05, 3.63) is 117 Å². The van der Waals surface area contributed by atoms with E-state index in [9.17, 15) is 4.79 Å². The topological polar surface area (TPSA) is 43.7 Å². The van der Waals surface area contributed by atoms with Gasteiger partial charge in [-0.15, -0.1) is 11.3 Å². The number of benzene rings is 3. The number of hydrogen-bond donors (Lipinski definition) is 0. The molecule has 0 radical (unpaired) electrons. The van der Waals surface area contributed by atoms with Crippen molar-refractivity contribution in [3.8, 4) is 0 Å². The lowest BCUT2D eigenvalue weighted by Gasteiger charge is -2.45. The summed E-state index contributed by atoms with van der Waals surface area (Å²) in [6.45, 7) is 11.8. The highest BCUT2D eigenvalue weighted by Gasteiger charge is 2.53. The number of halogens is 4. The van der Waals surface area contributed by atoms with Gasteiger partial charge in [0.25, 0.3) is 14.2 Å². The van der Waals surface area contributed by atoms with E-state index in [1.54, 1.807) is 25.7 Å². The molecule has 6 rings (SSSR count). The van der Waals surface area contributed by atoms with Crippen molar-refractivity contribution < 1.29 is 27.1 Å². The van der Waals surface area contributed by atoms with Crippen molar-refractivity contribution in [2.45, 2.75) is 83.5 Å². The van der Waals surface area contributed by atoms with Gasteiger partial charge in [0.1, 0.15) is 11.4 Å². The molecule has 0 bridgehead atoms. The van der Waals surface area contributed by atoms with E-state index in [0.29, 0.717) is 21.4 Å². The first-order chi connectivity index (χ1) is 23.9. The van der Waals surface area contributed by atoms with Crippen molar-refractivity contribution >= 4 is 63.0 Å². The van der Waals surface area contributed by atoms with Crippen LogP contribution in [0.4, 0.5) is 18.0 Å². The van der Waals surface area contributed by atoms with Gasteiger partial charge in [-0.25, -0.2) is 22.5 Å². The molecular weight excluding hydrogens is 754 g/mol. The average Bonchev–Trinajstić information content (AvgIpc) is 3.56. The highest BCUT2D eigenvalue weighted by Crippen LogP contribution is 2.47. The molecule has 5 aromatic rings. The minimum atomic E-state index is -3.36. The standard InChI is InChI=1S/C40H44BrF3N2O3SSi/c1-26-22-30-29-20-14-15-21-32(29)46(37(47)49-38(2,3)4)34(30)35(36-31(42)23-33(41)50-36)45(26)24-40(43,44)25-48-51(39(5,6)7,27-16-10-8-11-17-27)28-18-12-9-13-19-28/h8-21,23,26,35H,22,24-25H2,1-7H3/t26-,35+/m1/s1. The van der Waals surface area contributed by atoms with Gasteiger partial charge in [-0.05, 0) is 83.2 Å². The Bertz CT molecular complexity index is 1980. The lowest BCUT2D eigenvalue weighted by molar-refractivity contribution is -0.0822. The number of alkyl halides is 2. The molecular formula is C40H44BrF3N2O3SSi. The van der Waals surface area contributed by atoms with Gasteiger partial charge in [-0.1, -0.05) is 99.6 Å². The van der Waals surface area contributed by atoms with Crippen molar-refractivity contribution in [1.29, 1.82) is 0 Å². The van der Waals surface area contributed by atoms with Gasteiger partial charge in [0, 0.05) is 11.4 Å². The molecule has 2 atom stereocenters. The van der Waals surface area contributed by atoms with Crippen LogP contribution in [-0.2, 0) is 15.6 Å². The molecule has 5 nitrogen and oxygen atoms in total. The summed E-state index contributed by atoms with van der Waals surface area (Å²) < 4.78 is 64.2. The van der Waals surface area contributed by atoms with E-state index in [2.05, 4.69) is 36.7 Å². The smallest absolute Gasteiger partial charge is 0.419 e. The molecule has 0 unspecified atom stereocenters. The highest BCUT2D eigenvalue weighted by atomic mass is 79.9. The van der Waals surface area contributed by atoms with Crippen LogP contribution in [0.1, 0.15) is 70.6 Å². The first kappa shape index (κ1) is 37.5. The van der Waals surface area contributed by atoms with Crippen LogP contribution in [0.3, 0.4) is 0 Å². The molecule has 0 spiro atoms. The maximum Gasteiger partial charge on any atom is 0.419 e. The molecule has 11 heteroatoms. The van der Waals surface area contributed by atoms with Crippen LogP contribution >= 0.6 is 27.3 Å². The molecule has 0 amide bonds. The van der Waals surface area contributed by atoms with Crippen LogP contribution in [0.2, 0.25) is 5.04 Å². The molecule has 0 saturated heterocycles. The summed E-state index contributed by atoms with van der Waals surface area (Å²) in [7, 11) is -3.28. The number of carbonyl (C=O) groups is 1. The molecule has 51 heavy (non-hydrogen) atoms. The van der Waals surface area contributed by atoms with E-state index in [0.717, 1.165) is 32.7 Å². The normalized spacial score (nSPS) is 17.5. The minimum Gasteiger partial charge on any atom is -0.443 e. The SMILES string of the molecule is C[C@@H]1Cc2c(n(C(=O)OC(C)(C)C)c3ccccc23)[C@@H](c2sc(Br)cc2F)N1CC(F)(F)CO[Si](c1ccccc1)(c1ccccc1)C(C)(C)C. The quantitative estimate of drug-likeness (QED) is 0.147. The largest absolute Gasteiger partial charge is 0.443 e. The maximum absolute atomic E-state index is 16.8. The van der Waals surface area contributed by atoms with Crippen LogP contribution in [0.5, 0.6) is 0 Å². The van der Waals surface area contributed by atoms with Crippen molar-refractivity contribution in [1.82, 2.24) is 9.47 Å². The second-order valence-corrected chi connectivity index (χ2v) is 22.2. The monoisotopic (exact) mass is 796 g/mol. The number of rotatable bonds is 8. The number of carbonyl (C=O) groups excluding carboxylic acids is 1. The van der Waals surface area contributed by atoms with Gasteiger partial charge in [0.2, 0.25) is 0 Å². The molecule has 0 saturated carbocycles. The van der Waals surface area contributed by atoms with Crippen molar-refractivity contribution in [2.75, 3.05) is 13.2 Å². The summed E-state index contributed by atoms with van der Waals surface area (Å²) in [5.41, 5.74) is 1.03. The van der Waals surface area contributed by atoms with Gasteiger partial charge >= 0.3 is 6.09 Å². The summed E-state index contributed by atoms with van der Waals surface area (Å²) in [5, 5.41) is 2.12. The zero-order valence-electron chi connectivity index (χ0n) is 30.0. The Morgan fingerprint density at radius 1 is 0.922 bits per heavy atom. The molecule has 1 aliphatic heterocycles. The van der Waals surface area contributed by atoms with Gasteiger partial charge in [0.05, 0.1) is 39.1 Å². The molecule has 3 aromatic carbocycles. The van der Waals surface area contributed by atoms with Gasteiger partial charge < -0.3 is 9.16 Å². The third kappa shape index (κ3) is 7.24. The van der Waals surface area contributed by atoms with Gasteiger partial charge in [-0.2, -0.15) is 0 Å². The number of nitrogens with zero attached hydrogens (tertiary/aromatic N) is 2. The fraction of sp³-hybridized carbons (Fsp3) is 0.375. The van der Waals surface area contributed by atoms with E-state index in [-0.39, 0.29) is 4.88 Å². The average molecular weight is 798 g/mol. The highest BCUT2D eigenvalue weighted by molar-refractivity contribution is 9.11. The lowest BCUT2D eigenvalue weighted by Crippen LogP contribution is -2.67. The minimum absolute atomic E-state index is 0.242. The zero-order valence-corrected chi connectivity index (χ0v) is 33.4. The van der Waals surface area contributed by atoms with Crippen LogP contribution in [0.25, 0.3) is 10.9 Å². The van der Waals surface area contributed by atoms with E-state index in [1.165, 1.54) is 10.6 Å². The number of hydrogen-bond acceptors (Lipinski definition) is 5. The number of ether oxygens (including phenoxy) is 1. The van der Waals surface area contributed by atoms with Crippen LogP contribution < -0.4 is 10.4 Å². The van der Waals surface area contributed by atoms with E-state index in [1.807, 2.05) is 91.9 Å². The summed E-state index contributed by atoms with van der Waals surface area (Å²) in [4.78, 5) is 15.9. The molecule has 270 valence electrons. The van der Waals surface area contributed by atoms with E-state index >= 15 is 13.2 Å². The Labute approximate surface area is 311 Å². The number of fused-ring (bicyclic) bond motifs is 3. The third-order valence-electron chi connectivity index (χ3n) is 9.51. The molecule has 3 heterocycles. The van der Waals surface area contributed by atoms with E-state index < -0.39 is 62.0 Å². The second kappa shape index (κ2) is 14.0. The first-order valence-electron chi connectivity index (χ1n) is 17.1. The Balaban J connectivity index is 1.46. The Morgan fingerprint density at radius 3 is 2.02 bits per heavy atom. The molecule has 2 aromatic heterocycles. The van der Waals surface area contributed by atoms with Gasteiger partial charge in [-0.3, -0.25) is 4.90 Å².